The number of fused-ring (bicyclic) bond motifs is 2. The summed E-state index contributed by atoms with van der Waals surface area (Å²) in [5, 5.41) is 5.73. The predicted molar refractivity (Wildman–Crippen MR) is 88.3 cm³/mol. The van der Waals surface area contributed by atoms with Crippen LogP contribution in [0.15, 0.2) is 18.5 Å². The highest BCUT2D eigenvalue weighted by atomic mass is 35.5. The first-order valence-electron chi connectivity index (χ1n) is 6.62. The molecule has 4 rings (SSSR count). The molecule has 0 bridgehead atoms. The molecule has 1 aliphatic heterocycles. The summed E-state index contributed by atoms with van der Waals surface area (Å²) in [5.41, 5.74) is 0.950. The monoisotopic (exact) mass is 369 g/mol. The van der Waals surface area contributed by atoms with E-state index in [1.54, 1.807) is 23.0 Å². The Bertz CT molecular complexity index is 944. The van der Waals surface area contributed by atoms with Crippen molar-refractivity contribution in [1.29, 1.82) is 0 Å². The Labute approximate surface area is 143 Å². The van der Waals surface area contributed by atoms with E-state index in [0.29, 0.717) is 33.1 Å². The Kier molecular flexibility index (Phi) is 3.33. The Morgan fingerprint density at radius 2 is 2.30 bits per heavy atom. The van der Waals surface area contributed by atoms with Crippen LogP contribution in [0.4, 0.5) is 5.95 Å². The number of hydrogen-bond acceptors (Lipinski definition) is 4. The third-order valence-electron chi connectivity index (χ3n) is 3.57. The number of H-pyrrole nitrogens is 1. The van der Waals surface area contributed by atoms with Gasteiger partial charge in [0.05, 0.1) is 21.8 Å². The van der Waals surface area contributed by atoms with Crippen LogP contribution in [0.2, 0.25) is 9.36 Å². The fraction of sp³-hybridized carbons (Fsp3) is 0.154. The number of halogens is 2. The molecule has 0 aromatic carbocycles. The Morgan fingerprint density at radius 3 is 3.09 bits per heavy atom. The molecule has 0 spiro atoms. The lowest BCUT2D eigenvalue weighted by Gasteiger charge is -2.24. The van der Waals surface area contributed by atoms with Gasteiger partial charge in [0.15, 0.2) is 0 Å². The number of carbonyl (C=O) groups excluding carboxylic acids is 2. The zero-order valence-corrected chi connectivity index (χ0v) is 13.7. The van der Waals surface area contributed by atoms with Gasteiger partial charge in [0.2, 0.25) is 5.95 Å². The number of hydrogen-bond donors (Lipinski definition) is 3. The first-order chi connectivity index (χ1) is 11.0. The maximum Gasteiger partial charge on any atom is 0.268 e. The van der Waals surface area contributed by atoms with Gasteiger partial charge in [-0.05, 0) is 6.07 Å². The zero-order valence-electron chi connectivity index (χ0n) is 11.4. The van der Waals surface area contributed by atoms with Gasteiger partial charge in [-0.25, -0.2) is 4.98 Å². The van der Waals surface area contributed by atoms with Gasteiger partial charge in [0.25, 0.3) is 11.8 Å². The molecule has 23 heavy (non-hydrogen) atoms. The number of aromatic amines is 1. The van der Waals surface area contributed by atoms with E-state index in [0.717, 1.165) is 4.70 Å². The minimum Gasteiger partial charge on any atom is -0.349 e. The van der Waals surface area contributed by atoms with Crippen LogP contribution >= 0.6 is 34.5 Å². The fourth-order valence-corrected chi connectivity index (χ4v) is 3.93. The van der Waals surface area contributed by atoms with E-state index in [9.17, 15) is 9.59 Å². The minimum absolute atomic E-state index is 0.300. The lowest BCUT2D eigenvalue weighted by molar-refractivity contribution is -0.118. The maximum absolute atomic E-state index is 12.4. The van der Waals surface area contributed by atoms with Crippen molar-refractivity contribution in [2.24, 2.45) is 0 Å². The van der Waals surface area contributed by atoms with Gasteiger partial charge in [-0.3, -0.25) is 14.9 Å². The molecule has 0 saturated carbocycles. The van der Waals surface area contributed by atoms with E-state index in [1.165, 1.54) is 11.3 Å². The number of anilines is 1. The molecule has 0 fully saturated rings. The van der Waals surface area contributed by atoms with Crippen molar-refractivity contribution in [2.75, 3.05) is 5.32 Å². The smallest absolute Gasteiger partial charge is 0.268 e. The summed E-state index contributed by atoms with van der Waals surface area (Å²) < 4.78 is 3.02. The van der Waals surface area contributed by atoms with Crippen LogP contribution in [0.1, 0.15) is 10.5 Å². The quantitative estimate of drug-likeness (QED) is 0.647. The van der Waals surface area contributed by atoms with E-state index >= 15 is 0 Å². The first-order valence-corrected chi connectivity index (χ1v) is 8.19. The normalized spacial score (nSPS) is 17.1. The summed E-state index contributed by atoms with van der Waals surface area (Å²) in [7, 11) is 0. The highest BCUT2D eigenvalue weighted by Crippen LogP contribution is 2.38. The van der Waals surface area contributed by atoms with Gasteiger partial charge in [-0.2, -0.15) is 0 Å². The molecule has 0 radical (unpaired) electrons. The average molecular weight is 370 g/mol. The van der Waals surface area contributed by atoms with Gasteiger partial charge >= 0.3 is 0 Å². The third kappa shape index (κ3) is 2.39. The van der Waals surface area contributed by atoms with E-state index in [2.05, 4.69) is 20.6 Å². The van der Waals surface area contributed by atoms with E-state index < -0.39 is 6.04 Å². The molecule has 0 aliphatic carbocycles. The van der Waals surface area contributed by atoms with E-state index in [-0.39, 0.29) is 11.8 Å². The van der Waals surface area contributed by atoms with Crippen LogP contribution in [-0.4, -0.2) is 32.4 Å². The largest absolute Gasteiger partial charge is 0.349 e. The van der Waals surface area contributed by atoms with Crippen molar-refractivity contribution >= 4 is 62.5 Å². The lowest BCUT2D eigenvalue weighted by Crippen LogP contribution is -2.49. The van der Waals surface area contributed by atoms with Crippen molar-refractivity contribution in [3.8, 4) is 0 Å². The molecule has 1 atom stereocenters. The second kappa shape index (κ2) is 5.26. The molecule has 2 amide bonds. The summed E-state index contributed by atoms with van der Waals surface area (Å²) >= 11 is 13.3. The minimum atomic E-state index is -0.676. The summed E-state index contributed by atoms with van der Waals surface area (Å²) in [6.45, 7) is 0.328. The maximum atomic E-state index is 12.4. The molecule has 4 heterocycles. The number of carbonyl (C=O) groups is 2. The fourth-order valence-electron chi connectivity index (χ4n) is 2.45. The SMILES string of the molecule is O=C(N[C@H]1Cn2ccnc2NC1=O)c1cc2sc(Cl)c(Cl)c2[nH]1. The van der Waals surface area contributed by atoms with Crippen LogP contribution < -0.4 is 10.6 Å². The summed E-state index contributed by atoms with van der Waals surface area (Å²) in [6.07, 6.45) is 3.32. The van der Waals surface area contributed by atoms with Gasteiger partial charge in [0.1, 0.15) is 16.1 Å². The van der Waals surface area contributed by atoms with Crippen LogP contribution in [0, 0.1) is 0 Å². The van der Waals surface area contributed by atoms with Crippen molar-refractivity contribution in [3.63, 3.8) is 0 Å². The Morgan fingerprint density at radius 1 is 1.48 bits per heavy atom. The van der Waals surface area contributed by atoms with Crippen molar-refractivity contribution in [3.05, 3.63) is 33.5 Å². The van der Waals surface area contributed by atoms with Crippen LogP contribution in [-0.2, 0) is 11.3 Å². The third-order valence-corrected chi connectivity index (χ3v) is 5.50. The average Bonchev–Trinajstić information content (AvgIpc) is 3.18. The number of amides is 2. The number of thiophene rings is 1. The molecule has 3 N–H and O–H groups in total. The Balaban J connectivity index is 1.56. The Hall–Kier alpha value is -2.03. The van der Waals surface area contributed by atoms with Gasteiger partial charge in [-0.1, -0.05) is 23.2 Å². The molecule has 3 aromatic rings. The van der Waals surface area contributed by atoms with E-state index in [4.69, 9.17) is 23.2 Å². The number of rotatable bonds is 2. The molecule has 118 valence electrons. The standard InChI is InChI=1S/C13H9Cl2N5O2S/c14-8-9-7(23-10(8)15)3-5(17-9)11(21)18-6-4-20-2-1-16-13(20)19-12(6)22/h1-3,6,17H,4H2,(H,18,21)(H,16,19,22)/t6-/m0/s1. The highest BCUT2D eigenvalue weighted by molar-refractivity contribution is 7.23. The van der Waals surface area contributed by atoms with Crippen LogP contribution in [0.25, 0.3) is 10.2 Å². The topological polar surface area (TPSA) is 91.8 Å². The lowest BCUT2D eigenvalue weighted by atomic mass is 10.2. The number of nitrogens with one attached hydrogen (secondary N) is 3. The predicted octanol–water partition coefficient (Wildman–Crippen LogP) is 2.48. The summed E-state index contributed by atoms with van der Waals surface area (Å²) in [4.78, 5) is 31.3. The molecule has 7 nitrogen and oxygen atoms in total. The van der Waals surface area contributed by atoms with Crippen molar-refractivity contribution < 1.29 is 9.59 Å². The highest BCUT2D eigenvalue weighted by Gasteiger charge is 2.28. The zero-order chi connectivity index (χ0) is 16.1. The molecular weight excluding hydrogens is 361 g/mol. The van der Waals surface area contributed by atoms with Gasteiger partial charge < -0.3 is 14.9 Å². The number of imidazole rings is 1. The first kappa shape index (κ1) is 14.6. The molecule has 10 heteroatoms. The molecule has 0 saturated heterocycles. The summed E-state index contributed by atoms with van der Waals surface area (Å²) in [5.74, 6) is -0.210. The van der Waals surface area contributed by atoms with Gasteiger partial charge in [0, 0.05) is 12.4 Å². The number of aromatic nitrogens is 3. The van der Waals surface area contributed by atoms with Crippen LogP contribution in [0.3, 0.4) is 0 Å². The second-order valence-corrected chi connectivity index (χ2v) is 7.06. The van der Waals surface area contributed by atoms with Crippen molar-refractivity contribution in [1.82, 2.24) is 19.9 Å². The molecule has 1 aliphatic rings. The molecular formula is C13H9Cl2N5O2S. The van der Waals surface area contributed by atoms with Crippen molar-refractivity contribution in [2.45, 2.75) is 12.6 Å². The van der Waals surface area contributed by atoms with Crippen LogP contribution in [0.5, 0.6) is 0 Å². The van der Waals surface area contributed by atoms with E-state index in [1.807, 2.05) is 0 Å². The summed E-state index contributed by atoms with van der Waals surface area (Å²) in [6, 6.07) is 0.987. The molecule has 3 aromatic heterocycles. The number of nitrogens with zero attached hydrogens (tertiary/aromatic N) is 2. The molecule has 0 unspecified atom stereocenters. The van der Waals surface area contributed by atoms with Gasteiger partial charge in [-0.15, -0.1) is 11.3 Å². The second-order valence-electron chi connectivity index (χ2n) is 5.03.